The summed E-state index contributed by atoms with van der Waals surface area (Å²) in [4.78, 5) is 36.4. The molecule has 0 aliphatic carbocycles. The Hall–Kier alpha value is -3.03. The number of amides is 1. The summed E-state index contributed by atoms with van der Waals surface area (Å²) in [5, 5.41) is 12.0. The number of hydrogen-bond acceptors (Lipinski definition) is 5. The molecule has 34 heavy (non-hydrogen) atoms. The average Bonchev–Trinajstić information content (AvgIpc) is 2.87. The van der Waals surface area contributed by atoms with Gasteiger partial charge in [-0.1, -0.05) is 104 Å². The highest BCUT2D eigenvalue weighted by Crippen LogP contribution is 2.22. The van der Waals surface area contributed by atoms with E-state index in [1.54, 1.807) is 31.2 Å². The minimum atomic E-state index is -1.07. The molecule has 3 aromatic carbocycles. The van der Waals surface area contributed by atoms with Crippen molar-refractivity contribution in [2.75, 3.05) is 11.5 Å². The van der Waals surface area contributed by atoms with E-state index in [1.807, 2.05) is 36.4 Å². The van der Waals surface area contributed by atoms with E-state index in [9.17, 15) is 19.5 Å². The van der Waals surface area contributed by atoms with Crippen molar-refractivity contribution in [3.63, 3.8) is 0 Å². The van der Waals surface area contributed by atoms with Crippen molar-refractivity contribution in [3.8, 4) is 11.1 Å². The van der Waals surface area contributed by atoms with Crippen LogP contribution >= 0.6 is 23.5 Å². The van der Waals surface area contributed by atoms with Crippen LogP contribution in [0.5, 0.6) is 0 Å². The number of carboxylic acids is 1. The lowest BCUT2D eigenvalue weighted by molar-refractivity contribution is -0.141. The summed E-state index contributed by atoms with van der Waals surface area (Å²) < 4.78 is 0. The van der Waals surface area contributed by atoms with Crippen LogP contribution in [0.1, 0.15) is 22.8 Å². The number of carboxylic acid groups (broad SMARTS) is 1. The first-order valence-electron chi connectivity index (χ1n) is 10.9. The maximum absolute atomic E-state index is 12.5. The molecule has 3 rings (SSSR count). The quantitative estimate of drug-likeness (QED) is 0.374. The van der Waals surface area contributed by atoms with Gasteiger partial charge in [0.2, 0.25) is 11.0 Å². The lowest BCUT2D eigenvalue weighted by Crippen LogP contribution is -2.45. The Morgan fingerprint density at radius 3 is 2.03 bits per heavy atom. The van der Waals surface area contributed by atoms with Gasteiger partial charge in [0, 0.05) is 28.7 Å². The third-order valence-corrected chi connectivity index (χ3v) is 7.42. The summed E-state index contributed by atoms with van der Waals surface area (Å²) in [7, 11) is 0. The molecule has 7 heteroatoms. The fraction of sp³-hybridized carbons (Fsp3) is 0.222. The van der Waals surface area contributed by atoms with Crippen LogP contribution in [0.15, 0.2) is 84.9 Å². The molecule has 0 aliphatic rings. The maximum atomic E-state index is 12.5. The van der Waals surface area contributed by atoms with E-state index < -0.39 is 17.9 Å². The SMILES string of the molecule is C[C@H](CSC(=O)c1ccccc1)C(=O)N[C@@H](CSCc1ccc(-c2ccccc2)cc1)C(=O)O. The van der Waals surface area contributed by atoms with E-state index >= 15 is 0 Å². The third kappa shape index (κ3) is 7.78. The molecule has 2 atom stereocenters. The zero-order valence-corrected chi connectivity index (χ0v) is 20.5. The standard InChI is InChI=1S/C27H27NO4S2/c1-19(16-34-27(32)23-10-6-3-7-11-23)25(29)28-24(26(30)31)18-33-17-20-12-14-22(15-13-20)21-8-4-2-5-9-21/h2-15,19,24H,16-18H2,1H3,(H,28,29)(H,30,31)/t19-,24+/m1/s1. The predicted molar refractivity (Wildman–Crippen MR) is 140 cm³/mol. The van der Waals surface area contributed by atoms with Gasteiger partial charge in [0.25, 0.3) is 0 Å². The summed E-state index contributed by atoms with van der Waals surface area (Å²) in [5.41, 5.74) is 3.94. The normalized spacial score (nSPS) is 12.5. The van der Waals surface area contributed by atoms with E-state index in [0.29, 0.717) is 11.3 Å². The first-order valence-corrected chi connectivity index (χ1v) is 13.1. The number of benzene rings is 3. The molecule has 176 valence electrons. The second-order valence-electron chi connectivity index (χ2n) is 7.84. The second-order valence-corrected chi connectivity index (χ2v) is 9.87. The van der Waals surface area contributed by atoms with E-state index in [1.165, 1.54) is 11.8 Å². The van der Waals surface area contributed by atoms with Gasteiger partial charge in [0.1, 0.15) is 6.04 Å². The molecule has 0 aromatic heterocycles. The fourth-order valence-corrected chi connectivity index (χ4v) is 5.00. The molecule has 0 aliphatic heterocycles. The van der Waals surface area contributed by atoms with Gasteiger partial charge >= 0.3 is 5.97 Å². The van der Waals surface area contributed by atoms with Gasteiger partial charge in [0.15, 0.2) is 0 Å². The molecule has 0 saturated heterocycles. The molecule has 0 heterocycles. The van der Waals surface area contributed by atoms with Crippen molar-refractivity contribution in [3.05, 3.63) is 96.1 Å². The average molecular weight is 494 g/mol. The molecule has 0 radical (unpaired) electrons. The van der Waals surface area contributed by atoms with Gasteiger partial charge in [0.05, 0.1) is 0 Å². The van der Waals surface area contributed by atoms with Gasteiger partial charge in [-0.15, -0.1) is 0 Å². The number of nitrogens with one attached hydrogen (secondary N) is 1. The Morgan fingerprint density at radius 1 is 0.824 bits per heavy atom. The molecule has 0 spiro atoms. The highest BCUT2D eigenvalue weighted by atomic mass is 32.2. The molecular formula is C27H27NO4S2. The third-order valence-electron chi connectivity index (χ3n) is 5.15. The highest BCUT2D eigenvalue weighted by molar-refractivity contribution is 8.14. The number of rotatable bonds is 11. The Balaban J connectivity index is 1.45. The van der Waals surface area contributed by atoms with E-state index in [2.05, 4.69) is 29.6 Å². The second kappa shape index (κ2) is 13.0. The molecular weight excluding hydrogens is 466 g/mol. The van der Waals surface area contributed by atoms with Crippen LogP contribution in [0.4, 0.5) is 0 Å². The Morgan fingerprint density at radius 2 is 1.41 bits per heavy atom. The lowest BCUT2D eigenvalue weighted by atomic mass is 10.0. The summed E-state index contributed by atoms with van der Waals surface area (Å²) >= 11 is 2.52. The van der Waals surface area contributed by atoms with Gasteiger partial charge in [-0.25, -0.2) is 4.79 Å². The Kier molecular flexibility index (Phi) is 9.79. The van der Waals surface area contributed by atoms with Crippen LogP contribution in [0.3, 0.4) is 0 Å². The minimum absolute atomic E-state index is 0.108. The van der Waals surface area contributed by atoms with Crippen LogP contribution in [-0.2, 0) is 15.3 Å². The molecule has 0 saturated carbocycles. The van der Waals surface area contributed by atoms with Gasteiger partial charge in [-0.2, -0.15) is 11.8 Å². The molecule has 5 nitrogen and oxygen atoms in total. The van der Waals surface area contributed by atoms with Crippen molar-refractivity contribution in [1.29, 1.82) is 0 Å². The zero-order valence-electron chi connectivity index (χ0n) is 18.8. The number of carbonyl (C=O) groups is 3. The molecule has 1 amide bonds. The van der Waals surface area contributed by atoms with Crippen LogP contribution in [0, 0.1) is 5.92 Å². The zero-order chi connectivity index (χ0) is 24.3. The van der Waals surface area contributed by atoms with Crippen molar-refractivity contribution in [2.45, 2.75) is 18.7 Å². The van der Waals surface area contributed by atoms with Crippen molar-refractivity contribution in [1.82, 2.24) is 5.32 Å². The van der Waals surface area contributed by atoms with Crippen LogP contribution in [0.25, 0.3) is 11.1 Å². The van der Waals surface area contributed by atoms with Crippen molar-refractivity contribution >= 4 is 40.5 Å². The summed E-state index contributed by atoms with van der Waals surface area (Å²) in [6.45, 7) is 1.70. The van der Waals surface area contributed by atoms with Crippen LogP contribution in [0.2, 0.25) is 0 Å². The fourth-order valence-electron chi connectivity index (χ4n) is 3.14. The monoisotopic (exact) mass is 493 g/mol. The first kappa shape index (κ1) is 25.6. The molecule has 3 aromatic rings. The van der Waals surface area contributed by atoms with Crippen molar-refractivity contribution < 1.29 is 19.5 Å². The molecule has 0 bridgehead atoms. The van der Waals surface area contributed by atoms with Gasteiger partial charge < -0.3 is 10.4 Å². The number of aliphatic carboxylic acids is 1. The highest BCUT2D eigenvalue weighted by Gasteiger charge is 2.23. The number of hydrogen-bond donors (Lipinski definition) is 2. The van der Waals surface area contributed by atoms with Gasteiger partial charge in [-0.3, -0.25) is 9.59 Å². The molecule has 2 N–H and O–H groups in total. The Labute approximate surface area is 208 Å². The molecule has 0 fully saturated rings. The van der Waals surface area contributed by atoms with Crippen molar-refractivity contribution in [2.24, 2.45) is 5.92 Å². The first-order chi connectivity index (χ1) is 16.4. The summed E-state index contributed by atoms with van der Waals surface area (Å²) in [6.07, 6.45) is 0. The predicted octanol–water partition coefficient (Wildman–Crippen LogP) is 5.37. The maximum Gasteiger partial charge on any atom is 0.327 e. The lowest BCUT2D eigenvalue weighted by Gasteiger charge is -2.17. The van der Waals surface area contributed by atoms with E-state index in [0.717, 1.165) is 28.5 Å². The van der Waals surface area contributed by atoms with E-state index in [-0.39, 0.29) is 22.5 Å². The number of carbonyl (C=O) groups excluding carboxylic acids is 2. The topological polar surface area (TPSA) is 83.5 Å². The van der Waals surface area contributed by atoms with Gasteiger partial charge in [-0.05, 0) is 16.7 Å². The van der Waals surface area contributed by atoms with Crippen LogP contribution in [-0.4, -0.2) is 39.6 Å². The summed E-state index contributed by atoms with van der Waals surface area (Å²) in [6, 6.07) is 26.2. The minimum Gasteiger partial charge on any atom is -0.480 e. The van der Waals surface area contributed by atoms with E-state index in [4.69, 9.17) is 0 Å². The van der Waals surface area contributed by atoms with Crippen LogP contribution < -0.4 is 5.32 Å². The number of thioether (sulfide) groups is 2. The summed E-state index contributed by atoms with van der Waals surface area (Å²) in [5.74, 6) is -0.743. The Bertz CT molecular complexity index is 1090. The largest absolute Gasteiger partial charge is 0.480 e. The smallest absolute Gasteiger partial charge is 0.327 e. The molecule has 0 unspecified atom stereocenters.